The van der Waals surface area contributed by atoms with Gasteiger partial charge in [-0.05, 0) is 57.1 Å². The molecule has 146 valence electrons. The fraction of sp³-hybridized carbons (Fsp3) is 0.682. The van der Waals surface area contributed by atoms with Crippen LogP contribution in [0.2, 0.25) is 0 Å². The molecule has 0 N–H and O–H groups in total. The first-order valence-electron chi connectivity index (χ1n) is 10.7. The molecule has 1 amide bonds. The molecule has 0 radical (unpaired) electrons. The van der Waals surface area contributed by atoms with Crippen molar-refractivity contribution >= 4 is 5.91 Å². The van der Waals surface area contributed by atoms with Crippen molar-refractivity contribution in [3.8, 4) is 11.5 Å². The fourth-order valence-corrected chi connectivity index (χ4v) is 4.70. The highest BCUT2D eigenvalue weighted by Gasteiger charge is 2.32. The number of piperidine rings is 1. The molecular formula is C22H30N2O3. The van der Waals surface area contributed by atoms with Crippen molar-refractivity contribution in [3.05, 3.63) is 23.8 Å². The molecule has 3 fully saturated rings. The van der Waals surface area contributed by atoms with E-state index in [1.54, 1.807) is 0 Å². The first-order valence-corrected chi connectivity index (χ1v) is 10.7. The smallest absolute Gasteiger partial charge is 0.261 e. The van der Waals surface area contributed by atoms with E-state index in [1.165, 1.54) is 25.7 Å². The minimum Gasteiger partial charge on any atom is -0.490 e. The first-order chi connectivity index (χ1) is 13.3. The summed E-state index contributed by atoms with van der Waals surface area (Å²) in [5.74, 6) is 1.80. The van der Waals surface area contributed by atoms with Crippen LogP contribution in [0.4, 0.5) is 0 Å². The number of carbonyl (C=O) groups is 1. The number of nitrogens with zero attached hydrogens (tertiary/aromatic N) is 2. The lowest BCUT2D eigenvalue weighted by Gasteiger charge is -2.41. The molecular weight excluding hydrogens is 340 g/mol. The second-order valence-corrected chi connectivity index (χ2v) is 8.60. The number of amides is 1. The molecule has 0 atom stereocenters. The van der Waals surface area contributed by atoms with Crippen LogP contribution in [0.15, 0.2) is 18.2 Å². The highest BCUT2D eigenvalue weighted by molar-refractivity contribution is 5.79. The fourth-order valence-electron chi connectivity index (χ4n) is 4.70. The Kier molecular flexibility index (Phi) is 4.72. The lowest BCUT2D eigenvalue weighted by atomic mass is 9.90. The van der Waals surface area contributed by atoms with Crippen molar-refractivity contribution in [2.24, 2.45) is 0 Å². The van der Waals surface area contributed by atoms with Crippen LogP contribution in [0.25, 0.3) is 0 Å². The maximum Gasteiger partial charge on any atom is 0.261 e. The van der Waals surface area contributed by atoms with Gasteiger partial charge in [0.25, 0.3) is 5.91 Å². The monoisotopic (exact) mass is 370 g/mol. The second-order valence-electron chi connectivity index (χ2n) is 8.60. The lowest BCUT2D eigenvalue weighted by molar-refractivity contribution is -0.137. The molecule has 2 aliphatic heterocycles. The van der Waals surface area contributed by atoms with Gasteiger partial charge >= 0.3 is 0 Å². The third-order valence-electron chi connectivity index (χ3n) is 6.94. The molecule has 5 heteroatoms. The summed E-state index contributed by atoms with van der Waals surface area (Å²) in [5, 5.41) is 0. The normalized spacial score (nSPS) is 25.2. The van der Waals surface area contributed by atoms with Crippen molar-refractivity contribution < 1.29 is 14.3 Å². The maximum atomic E-state index is 12.4. The molecule has 2 saturated carbocycles. The molecule has 5 nitrogen and oxygen atoms in total. The minimum atomic E-state index is 0.113. The van der Waals surface area contributed by atoms with Gasteiger partial charge in [0.1, 0.15) is 17.6 Å². The number of rotatable bonds is 4. The molecule has 5 rings (SSSR count). The summed E-state index contributed by atoms with van der Waals surface area (Å²) in [5.41, 5.74) is 1.10. The highest BCUT2D eigenvalue weighted by Crippen LogP contribution is 2.34. The van der Waals surface area contributed by atoms with Crippen LogP contribution in [0, 0.1) is 0 Å². The van der Waals surface area contributed by atoms with Gasteiger partial charge in [-0.25, -0.2) is 0 Å². The van der Waals surface area contributed by atoms with Crippen LogP contribution in [0.5, 0.6) is 11.5 Å². The van der Waals surface area contributed by atoms with Crippen molar-refractivity contribution in [1.82, 2.24) is 9.80 Å². The summed E-state index contributed by atoms with van der Waals surface area (Å²) in [7, 11) is 0. The van der Waals surface area contributed by atoms with Crippen LogP contribution < -0.4 is 9.47 Å². The van der Waals surface area contributed by atoms with E-state index in [1.807, 2.05) is 11.0 Å². The molecule has 27 heavy (non-hydrogen) atoms. The van der Waals surface area contributed by atoms with Gasteiger partial charge in [-0.1, -0.05) is 6.42 Å². The Bertz CT molecular complexity index is 691. The van der Waals surface area contributed by atoms with Gasteiger partial charge in [-0.15, -0.1) is 0 Å². The molecule has 4 aliphatic rings. The molecule has 0 spiro atoms. The van der Waals surface area contributed by atoms with Crippen molar-refractivity contribution in [1.29, 1.82) is 0 Å². The topological polar surface area (TPSA) is 42.0 Å². The summed E-state index contributed by atoms with van der Waals surface area (Å²) in [4.78, 5) is 17.0. The molecule has 0 unspecified atom stereocenters. The lowest BCUT2D eigenvalue weighted by Crippen LogP contribution is -2.46. The van der Waals surface area contributed by atoms with Gasteiger partial charge in [0.15, 0.2) is 6.61 Å². The SMILES string of the molecule is O=C1COc2cc(OC3CCN(C4CCC4)CC3)ccc2CN1C1CCC1. The van der Waals surface area contributed by atoms with E-state index in [9.17, 15) is 4.79 Å². The van der Waals surface area contributed by atoms with E-state index in [0.29, 0.717) is 18.7 Å². The molecule has 1 aromatic rings. The Morgan fingerprint density at radius 2 is 1.70 bits per heavy atom. The van der Waals surface area contributed by atoms with Gasteiger partial charge < -0.3 is 19.3 Å². The van der Waals surface area contributed by atoms with Crippen molar-refractivity contribution in [2.45, 2.75) is 76.1 Å². The predicted molar refractivity (Wildman–Crippen MR) is 103 cm³/mol. The van der Waals surface area contributed by atoms with Gasteiger partial charge in [0.2, 0.25) is 0 Å². The first kappa shape index (κ1) is 17.4. The standard InChI is InChI=1S/C22H30N2O3/c25-22-15-26-21-13-20(8-7-16(21)14-24(22)18-5-2-6-18)27-19-9-11-23(12-10-19)17-3-1-4-17/h7-8,13,17-19H,1-6,9-12,14-15H2. The average molecular weight is 370 g/mol. The summed E-state index contributed by atoms with van der Waals surface area (Å²) in [6, 6.07) is 7.37. The maximum absolute atomic E-state index is 12.4. The van der Waals surface area contributed by atoms with E-state index in [2.05, 4.69) is 17.0 Å². The average Bonchev–Trinajstić information content (AvgIpc) is 2.74. The number of benzene rings is 1. The summed E-state index contributed by atoms with van der Waals surface area (Å²) in [6.07, 6.45) is 10.1. The Morgan fingerprint density at radius 3 is 2.37 bits per heavy atom. The van der Waals surface area contributed by atoms with E-state index in [-0.39, 0.29) is 12.5 Å². The minimum absolute atomic E-state index is 0.113. The Morgan fingerprint density at radius 1 is 0.963 bits per heavy atom. The Balaban J connectivity index is 1.21. The molecule has 2 heterocycles. The zero-order valence-corrected chi connectivity index (χ0v) is 16.1. The van der Waals surface area contributed by atoms with Gasteiger partial charge in [-0.3, -0.25) is 4.79 Å². The van der Waals surface area contributed by atoms with Crippen LogP contribution in [-0.4, -0.2) is 53.6 Å². The molecule has 0 aromatic heterocycles. The van der Waals surface area contributed by atoms with E-state index < -0.39 is 0 Å². The molecule has 0 bridgehead atoms. The third-order valence-corrected chi connectivity index (χ3v) is 6.94. The number of hydrogen-bond donors (Lipinski definition) is 0. The van der Waals surface area contributed by atoms with Gasteiger partial charge in [0.05, 0.1) is 0 Å². The summed E-state index contributed by atoms with van der Waals surface area (Å²) < 4.78 is 12.1. The zero-order chi connectivity index (χ0) is 18.2. The van der Waals surface area contributed by atoms with Crippen LogP contribution in [-0.2, 0) is 11.3 Å². The third kappa shape index (κ3) is 3.54. The summed E-state index contributed by atoms with van der Waals surface area (Å²) in [6.45, 7) is 3.12. The molecule has 1 aromatic carbocycles. The predicted octanol–water partition coefficient (Wildman–Crippen LogP) is 3.36. The zero-order valence-electron chi connectivity index (χ0n) is 16.1. The van der Waals surface area contributed by atoms with Gasteiger partial charge in [0, 0.05) is 43.3 Å². The van der Waals surface area contributed by atoms with Crippen LogP contribution in [0.1, 0.15) is 56.9 Å². The van der Waals surface area contributed by atoms with Gasteiger partial charge in [-0.2, -0.15) is 0 Å². The number of ether oxygens (including phenoxy) is 2. The van der Waals surface area contributed by atoms with Crippen LogP contribution in [0.3, 0.4) is 0 Å². The quantitative estimate of drug-likeness (QED) is 0.815. The summed E-state index contributed by atoms with van der Waals surface area (Å²) >= 11 is 0. The number of likely N-dealkylation sites (tertiary alicyclic amines) is 1. The highest BCUT2D eigenvalue weighted by atomic mass is 16.5. The Labute approximate surface area is 161 Å². The van der Waals surface area contributed by atoms with Crippen molar-refractivity contribution in [3.63, 3.8) is 0 Å². The number of hydrogen-bond acceptors (Lipinski definition) is 4. The largest absolute Gasteiger partial charge is 0.490 e. The van der Waals surface area contributed by atoms with E-state index in [0.717, 1.165) is 61.9 Å². The van der Waals surface area contributed by atoms with E-state index >= 15 is 0 Å². The van der Waals surface area contributed by atoms with E-state index in [4.69, 9.17) is 9.47 Å². The number of carbonyl (C=O) groups excluding carboxylic acids is 1. The molecule has 2 aliphatic carbocycles. The number of fused-ring (bicyclic) bond motifs is 1. The Hall–Kier alpha value is -1.75. The second kappa shape index (κ2) is 7.34. The van der Waals surface area contributed by atoms with Crippen LogP contribution >= 0.6 is 0 Å². The molecule has 1 saturated heterocycles. The van der Waals surface area contributed by atoms with Crippen molar-refractivity contribution in [2.75, 3.05) is 19.7 Å².